The molecule has 0 unspecified atom stereocenters. The molecule has 8 heteroatoms. The van der Waals surface area contributed by atoms with E-state index >= 15 is 0 Å². The summed E-state index contributed by atoms with van der Waals surface area (Å²) in [4.78, 5) is 21.4. The normalized spacial score (nSPS) is 9.83. The van der Waals surface area contributed by atoms with E-state index in [-0.39, 0.29) is 8.89 Å². The summed E-state index contributed by atoms with van der Waals surface area (Å²) in [5.41, 5.74) is 0. The van der Waals surface area contributed by atoms with Crippen LogP contribution in [0.5, 0.6) is 0 Å². The molecule has 0 N–H and O–H groups in total. The average molecular weight is 278 g/mol. The average Bonchev–Trinajstić information content (AvgIpc) is 2.11. The van der Waals surface area contributed by atoms with Crippen molar-refractivity contribution in [2.45, 2.75) is 0 Å². The van der Waals surface area contributed by atoms with Crippen LogP contribution in [0.1, 0.15) is 0 Å². The lowest BCUT2D eigenvalue weighted by atomic mass is 11.8. The summed E-state index contributed by atoms with van der Waals surface area (Å²) < 4.78 is 0.120. The number of hydrogen-bond donors (Lipinski definition) is 0. The second kappa shape index (κ2) is 9.01. The molecule has 0 aromatic heterocycles. The van der Waals surface area contributed by atoms with E-state index in [0.29, 0.717) is 0 Å². The first-order chi connectivity index (χ1) is 5.70. The molecular formula is C4H6O2S6. The lowest BCUT2D eigenvalue weighted by Gasteiger charge is -1.94. The highest BCUT2D eigenvalue weighted by molar-refractivity contribution is 9.30. The topological polar surface area (TPSA) is 34.1 Å². The summed E-state index contributed by atoms with van der Waals surface area (Å²) in [6, 6.07) is 0. The van der Waals surface area contributed by atoms with Crippen LogP contribution in [0.2, 0.25) is 0 Å². The Labute approximate surface area is 95.1 Å². The molecular weight excluding hydrogens is 272 g/mol. The second-order valence-corrected chi connectivity index (χ2v) is 8.90. The van der Waals surface area contributed by atoms with Gasteiger partial charge in [-0.15, -0.1) is 0 Å². The van der Waals surface area contributed by atoms with Crippen LogP contribution in [0.4, 0.5) is 9.59 Å². The molecule has 0 spiro atoms. The molecule has 0 saturated carbocycles. The van der Waals surface area contributed by atoms with E-state index in [1.165, 1.54) is 43.2 Å². The SMILES string of the molecule is CSC(=O)SSSSC(=O)SC. The lowest BCUT2D eigenvalue weighted by Crippen LogP contribution is -1.71. The molecule has 0 radical (unpaired) electrons. The molecule has 0 aliphatic carbocycles. The Morgan fingerprint density at radius 2 is 1.17 bits per heavy atom. The quantitative estimate of drug-likeness (QED) is 0.546. The summed E-state index contributed by atoms with van der Waals surface area (Å²) >= 11 is 2.36. The van der Waals surface area contributed by atoms with Gasteiger partial charge in [0.15, 0.2) is 0 Å². The molecule has 0 amide bonds. The molecule has 0 aromatic carbocycles. The van der Waals surface area contributed by atoms with Gasteiger partial charge in [0.2, 0.25) is 0 Å². The number of thioether (sulfide) groups is 2. The van der Waals surface area contributed by atoms with E-state index < -0.39 is 0 Å². The maximum Gasteiger partial charge on any atom is 0.257 e. The van der Waals surface area contributed by atoms with Gasteiger partial charge in [0, 0.05) is 21.6 Å². The number of carbonyl (C=O) groups excluding carboxylic acids is 2. The van der Waals surface area contributed by atoms with Gasteiger partial charge in [0.25, 0.3) is 8.89 Å². The van der Waals surface area contributed by atoms with Crippen LogP contribution in [-0.2, 0) is 0 Å². The third kappa shape index (κ3) is 8.06. The standard InChI is InChI=1S/C4H6O2S6/c1-7-3(5)9-11-12-10-4(6)8-2/h1-2H3. The molecule has 0 aliphatic rings. The van der Waals surface area contributed by atoms with E-state index in [0.717, 1.165) is 21.6 Å². The molecule has 0 bridgehead atoms. The first-order valence-electron chi connectivity index (χ1n) is 2.54. The second-order valence-electron chi connectivity index (χ2n) is 1.21. The highest BCUT2D eigenvalue weighted by Crippen LogP contribution is 2.46. The van der Waals surface area contributed by atoms with Crippen molar-refractivity contribution in [1.29, 1.82) is 0 Å². The van der Waals surface area contributed by atoms with Crippen LogP contribution < -0.4 is 0 Å². The van der Waals surface area contributed by atoms with E-state index in [1.807, 2.05) is 0 Å². The van der Waals surface area contributed by atoms with Crippen molar-refractivity contribution in [3.8, 4) is 0 Å². The smallest absolute Gasteiger partial charge is 0.257 e. The molecule has 0 aliphatic heterocycles. The summed E-state index contributed by atoms with van der Waals surface area (Å²) in [7, 11) is 4.94. The van der Waals surface area contributed by atoms with Gasteiger partial charge in [0.05, 0.1) is 0 Å². The third-order valence-electron chi connectivity index (χ3n) is 0.565. The van der Waals surface area contributed by atoms with Crippen molar-refractivity contribution in [3.63, 3.8) is 0 Å². The van der Waals surface area contributed by atoms with E-state index in [4.69, 9.17) is 0 Å². The molecule has 0 heterocycles. The van der Waals surface area contributed by atoms with Crippen molar-refractivity contribution in [2.75, 3.05) is 12.5 Å². The zero-order valence-corrected chi connectivity index (χ0v) is 11.2. The fourth-order valence-electron chi connectivity index (χ4n) is 0.151. The monoisotopic (exact) mass is 278 g/mol. The molecule has 0 rings (SSSR count). The van der Waals surface area contributed by atoms with Crippen LogP contribution in [-0.4, -0.2) is 21.4 Å². The van der Waals surface area contributed by atoms with Gasteiger partial charge >= 0.3 is 0 Å². The van der Waals surface area contributed by atoms with Crippen LogP contribution in [0.25, 0.3) is 0 Å². The highest BCUT2D eigenvalue weighted by atomic mass is 33.7. The van der Waals surface area contributed by atoms with E-state index in [1.54, 1.807) is 12.5 Å². The highest BCUT2D eigenvalue weighted by Gasteiger charge is 2.04. The Bertz CT molecular complexity index is 142. The summed E-state index contributed by atoms with van der Waals surface area (Å²) in [5, 5.41) is 0. The van der Waals surface area contributed by atoms with Gasteiger partial charge in [-0.05, 0) is 32.2 Å². The lowest BCUT2D eigenvalue weighted by molar-refractivity contribution is 0.276. The maximum absolute atomic E-state index is 10.7. The fraction of sp³-hybridized carbons (Fsp3) is 0.500. The molecule has 0 fully saturated rings. The Kier molecular flexibility index (Phi) is 10.1. The molecule has 0 atom stereocenters. The van der Waals surface area contributed by atoms with Crippen molar-refractivity contribution in [3.05, 3.63) is 0 Å². The Morgan fingerprint density at radius 3 is 1.42 bits per heavy atom. The van der Waals surface area contributed by atoms with Crippen LogP contribution in [0, 0.1) is 0 Å². The first-order valence-corrected chi connectivity index (χ1v) is 9.81. The van der Waals surface area contributed by atoms with Crippen molar-refractivity contribution in [2.24, 2.45) is 0 Å². The van der Waals surface area contributed by atoms with Gasteiger partial charge in [-0.25, -0.2) is 0 Å². The van der Waals surface area contributed by atoms with Crippen LogP contribution in [0.3, 0.4) is 0 Å². The molecule has 0 saturated heterocycles. The first kappa shape index (κ1) is 13.4. The summed E-state index contributed by atoms with van der Waals surface area (Å²) in [6.45, 7) is 0. The Morgan fingerprint density at radius 1 is 0.833 bits per heavy atom. The van der Waals surface area contributed by atoms with Crippen LogP contribution >= 0.6 is 64.8 Å². The summed E-state index contributed by atoms with van der Waals surface area (Å²) in [6.07, 6.45) is 3.47. The van der Waals surface area contributed by atoms with Crippen LogP contribution in [0.15, 0.2) is 0 Å². The number of carbonyl (C=O) groups is 2. The van der Waals surface area contributed by atoms with Gasteiger partial charge < -0.3 is 0 Å². The maximum atomic E-state index is 10.7. The predicted molar refractivity (Wildman–Crippen MR) is 68.2 cm³/mol. The van der Waals surface area contributed by atoms with Gasteiger partial charge in [0.1, 0.15) is 0 Å². The number of hydrogen-bond acceptors (Lipinski definition) is 8. The minimum absolute atomic E-state index is 0.0599. The number of rotatable bonds is 3. The van der Waals surface area contributed by atoms with Gasteiger partial charge in [-0.1, -0.05) is 23.5 Å². The Hall–Kier alpha value is 1.44. The van der Waals surface area contributed by atoms with Gasteiger partial charge in [-0.3, -0.25) is 9.59 Å². The van der Waals surface area contributed by atoms with E-state index in [9.17, 15) is 9.59 Å². The Balaban J connectivity index is 3.21. The van der Waals surface area contributed by atoms with Crippen molar-refractivity contribution >= 4 is 73.7 Å². The fourth-order valence-corrected chi connectivity index (χ4v) is 7.09. The van der Waals surface area contributed by atoms with Crippen molar-refractivity contribution < 1.29 is 9.59 Å². The predicted octanol–water partition coefficient (Wildman–Crippen LogP) is 4.63. The molecule has 12 heavy (non-hydrogen) atoms. The van der Waals surface area contributed by atoms with E-state index in [2.05, 4.69) is 0 Å². The zero-order valence-electron chi connectivity index (χ0n) is 6.27. The molecule has 0 aromatic rings. The zero-order chi connectivity index (χ0) is 9.40. The minimum atomic E-state index is 0.0599. The third-order valence-corrected chi connectivity index (χ3v) is 8.54. The largest absolute Gasteiger partial charge is 0.273 e. The van der Waals surface area contributed by atoms with Gasteiger partial charge in [-0.2, -0.15) is 0 Å². The molecule has 70 valence electrons. The minimum Gasteiger partial charge on any atom is -0.273 e. The summed E-state index contributed by atoms with van der Waals surface area (Å²) in [5.74, 6) is 0. The van der Waals surface area contributed by atoms with Crippen molar-refractivity contribution in [1.82, 2.24) is 0 Å². The molecule has 2 nitrogen and oxygen atoms in total.